The molecule has 0 atom stereocenters. The lowest BCUT2D eigenvalue weighted by Crippen LogP contribution is -2.22. The molecule has 2 N–H and O–H groups in total. The maximum atomic E-state index is 12.3. The maximum Gasteiger partial charge on any atom is 0.289 e. The van der Waals surface area contributed by atoms with Gasteiger partial charge in [0.25, 0.3) is 5.91 Å². The molecule has 0 radical (unpaired) electrons. The molecule has 0 spiro atoms. The number of nitrogens with zero attached hydrogens (tertiary/aromatic N) is 2. The van der Waals surface area contributed by atoms with Gasteiger partial charge in [-0.2, -0.15) is 5.10 Å². The SMILES string of the molecule is C/C(CC(=O)Nc1cccc2c1CCCC2)=N\NC(=O)c1ccccn1. The van der Waals surface area contributed by atoms with E-state index in [4.69, 9.17) is 0 Å². The first kappa shape index (κ1) is 17.8. The summed E-state index contributed by atoms with van der Waals surface area (Å²) in [7, 11) is 0. The van der Waals surface area contributed by atoms with E-state index in [-0.39, 0.29) is 18.0 Å². The first-order valence-corrected chi connectivity index (χ1v) is 8.78. The fourth-order valence-corrected chi connectivity index (χ4v) is 3.07. The van der Waals surface area contributed by atoms with Crippen LogP contribution in [0.4, 0.5) is 5.69 Å². The molecule has 3 rings (SSSR count). The lowest BCUT2D eigenvalue weighted by molar-refractivity contribution is -0.115. The van der Waals surface area contributed by atoms with Gasteiger partial charge in [-0.05, 0) is 61.9 Å². The summed E-state index contributed by atoms with van der Waals surface area (Å²) in [4.78, 5) is 28.2. The van der Waals surface area contributed by atoms with Crippen LogP contribution in [0, 0.1) is 0 Å². The van der Waals surface area contributed by atoms with Crippen molar-refractivity contribution in [3.8, 4) is 0 Å². The Morgan fingerprint density at radius 1 is 1.12 bits per heavy atom. The van der Waals surface area contributed by atoms with Crippen LogP contribution < -0.4 is 10.7 Å². The van der Waals surface area contributed by atoms with Gasteiger partial charge in [-0.3, -0.25) is 14.6 Å². The van der Waals surface area contributed by atoms with Crippen LogP contribution in [-0.2, 0) is 17.6 Å². The quantitative estimate of drug-likeness (QED) is 0.642. The van der Waals surface area contributed by atoms with Gasteiger partial charge in [-0.1, -0.05) is 18.2 Å². The zero-order chi connectivity index (χ0) is 18.4. The Labute approximate surface area is 152 Å². The fraction of sp³-hybridized carbons (Fsp3) is 0.300. The Hall–Kier alpha value is -3.02. The summed E-state index contributed by atoms with van der Waals surface area (Å²) in [6.07, 6.45) is 6.08. The number of amides is 2. The van der Waals surface area contributed by atoms with Crippen LogP contribution >= 0.6 is 0 Å². The van der Waals surface area contributed by atoms with Crippen LogP contribution in [0.5, 0.6) is 0 Å². The number of hydrogen-bond donors (Lipinski definition) is 2. The summed E-state index contributed by atoms with van der Waals surface area (Å²) >= 11 is 0. The first-order chi connectivity index (χ1) is 12.6. The Bertz CT molecular complexity index is 831. The van der Waals surface area contributed by atoms with Gasteiger partial charge in [0.05, 0.1) is 6.42 Å². The third-order valence-electron chi connectivity index (χ3n) is 4.33. The molecule has 6 heteroatoms. The Morgan fingerprint density at radius 3 is 2.77 bits per heavy atom. The summed E-state index contributed by atoms with van der Waals surface area (Å²) in [5.41, 5.74) is 6.68. The molecule has 134 valence electrons. The largest absolute Gasteiger partial charge is 0.325 e. The van der Waals surface area contributed by atoms with E-state index in [9.17, 15) is 9.59 Å². The number of aryl methyl sites for hydroxylation is 1. The number of benzene rings is 1. The lowest BCUT2D eigenvalue weighted by Gasteiger charge is -2.19. The van der Waals surface area contributed by atoms with Gasteiger partial charge < -0.3 is 5.32 Å². The van der Waals surface area contributed by atoms with E-state index in [1.54, 1.807) is 31.3 Å². The highest BCUT2D eigenvalue weighted by molar-refractivity contribution is 6.06. The van der Waals surface area contributed by atoms with Crippen molar-refractivity contribution in [2.24, 2.45) is 5.10 Å². The van der Waals surface area contributed by atoms with Crippen molar-refractivity contribution < 1.29 is 9.59 Å². The molecule has 0 aliphatic heterocycles. The van der Waals surface area contributed by atoms with E-state index in [2.05, 4.69) is 26.9 Å². The average molecular weight is 350 g/mol. The van der Waals surface area contributed by atoms with E-state index in [1.165, 1.54) is 17.5 Å². The molecule has 1 aromatic heterocycles. The topological polar surface area (TPSA) is 83.5 Å². The lowest BCUT2D eigenvalue weighted by atomic mass is 9.90. The summed E-state index contributed by atoms with van der Waals surface area (Å²) in [6, 6.07) is 11.1. The molecule has 1 aliphatic rings. The van der Waals surface area contributed by atoms with Gasteiger partial charge in [0.2, 0.25) is 5.91 Å². The maximum absolute atomic E-state index is 12.3. The molecule has 0 saturated heterocycles. The van der Waals surface area contributed by atoms with Crippen LogP contribution in [0.25, 0.3) is 0 Å². The average Bonchev–Trinajstić information content (AvgIpc) is 2.67. The van der Waals surface area contributed by atoms with Crippen LogP contribution in [0.3, 0.4) is 0 Å². The zero-order valence-corrected chi connectivity index (χ0v) is 14.8. The smallest absolute Gasteiger partial charge is 0.289 e. The molecular weight excluding hydrogens is 328 g/mol. The molecule has 0 unspecified atom stereocenters. The Balaban J connectivity index is 1.57. The highest BCUT2D eigenvalue weighted by Crippen LogP contribution is 2.27. The number of hydrogen-bond acceptors (Lipinski definition) is 4. The van der Waals surface area contributed by atoms with Gasteiger partial charge in [-0.15, -0.1) is 0 Å². The van der Waals surface area contributed by atoms with Crippen molar-refractivity contribution in [2.75, 3.05) is 5.32 Å². The molecule has 1 heterocycles. The molecule has 26 heavy (non-hydrogen) atoms. The summed E-state index contributed by atoms with van der Waals surface area (Å²) in [6.45, 7) is 1.71. The number of hydrazone groups is 1. The molecule has 1 aromatic carbocycles. The molecule has 0 saturated carbocycles. The fourth-order valence-electron chi connectivity index (χ4n) is 3.07. The van der Waals surface area contributed by atoms with E-state index in [0.717, 1.165) is 24.9 Å². The number of fused-ring (bicyclic) bond motifs is 1. The minimum absolute atomic E-state index is 0.117. The minimum atomic E-state index is -0.400. The summed E-state index contributed by atoms with van der Waals surface area (Å²) in [5, 5.41) is 6.96. The second-order valence-corrected chi connectivity index (χ2v) is 6.38. The monoisotopic (exact) mass is 350 g/mol. The molecule has 1 aliphatic carbocycles. The minimum Gasteiger partial charge on any atom is -0.325 e. The number of aromatic nitrogens is 1. The van der Waals surface area contributed by atoms with Crippen molar-refractivity contribution in [1.82, 2.24) is 10.4 Å². The van der Waals surface area contributed by atoms with Crippen molar-refractivity contribution in [3.05, 3.63) is 59.4 Å². The highest BCUT2D eigenvalue weighted by atomic mass is 16.2. The predicted molar refractivity (Wildman–Crippen MR) is 101 cm³/mol. The third kappa shape index (κ3) is 4.53. The first-order valence-electron chi connectivity index (χ1n) is 8.78. The van der Waals surface area contributed by atoms with Gasteiger partial charge in [0, 0.05) is 17.6 Å². The number of carbonyl (C=O) groups is 2. The molecular formula is C20H22N4O2. The number of anilines is 1. The van der Waals surface area contributed by atoms with Crippen LogP contribution in [0.1, 0.15) is 47.8 Å². The normalized spacial score (nSPS) is 13.7. The number of nitrogens with one attached hydrogen (secondary N) is 2. The molecule has 0 bridgehead atoms. The van der Waals surface area contributed by atoms with Crippen LogP contribution in [0.2, 0.25) is 0 Å². The van der Waals surface area contributed by atoms with E-state index in [1.807, 2.05) is 12.1 Å². The Morgan fingerprint density at radius 2 is 1.96 bits per heavy atom. The highest BCUT2D eigenvalue weighted by Gasteiger charge is 2.15. The van der Waals surface area contributed by atoms with E-state index < -0.39 is 5.91 Å². The number of carbonyl (C=O) groups excluding carboxylic acids is 2. The van der Waals surface area contributed by atoms with Crippen LogP contribution in [-0.4, -0.2) is 22.5 Å². The molecule has 0 fully saturated rings. The summed E-state index contributed by atoms with van der Waals surface area (Å²) < 4.78 is 0. The van der Waals surface area contributed by atoms with E-state index in [0.29, 0.717) is 5.71 Å². The number of pyridine rings is 1. The van der Waals surface area contributed by atoms with Crippen molar-refractivity contribution >= 4 is 23.2 Å². The molecule has 6 nitrogen and oxygen atoms in total. The zero-order valence-electron chi connectivity index (χ0n) is 14.8. The number of rotatable bonds is 5. The van der Waals surface area contributed by atoms with E-state index >= 15 is 0 Å². The van der Waals surface area contributed by atoms with Crippen molar-refractivity contribution in [1.29, 1.82) is 0 Å². The predicted octanol–water partition coefficient (Wildman–Crippen LogP) is 3.09. The van der Waals surface area contributed by atoms with Crippen LogP contribution in [0.15, 0.2) is 47.7 Å². The molecule has 2 aromatic rings. The van der Waals surface area contributed by atoms with Crippen molar-refractivity contribution in [2.45, 2.75) is 39.0 Å². The Kier molecular flexibility index (Phi) is 5.73. The third-order valence-corrected chi connectivity index (χ3v) is 4.33. The second kappa shape index (κ2) is 8.38. The molecule has 2 amide bonds. The standard InChI is InChI=1S/C20H22N4O2/c1-14(23-24-20(26)18-10-4-5-12-21-18)13-19(25)22-17-11-6-8-15-7-2-3-9-16(15)17/h4-6,8,10-12H,2-3,7,9,13H2,1H3,(H,22,25)(H,24,26)/b23-14+. The van der Waals surface area contributed by atoms with Gasteiger partial charge in [0.15, 0.2) is 0 Å². The van der Waals surface area contributed by atoms with Gasteiger partial charge >= 0.3 is 0 Å². The second-order valence-electron chi connectivity index (χ2n) is 6.38. The van der Waals surface area contributed by atoms with Crippen molar-refractivity contribution in [3.63, 3.8) is 0 Å². The summed E-state index contributed by atoms with van der Waals surface area (Å²) in [5.74, 6) is -0.542. The van der Waals surface area contributed by atoms with Gasteiger partial charge in [0.1, 0.15) is 5.69 Å². The van der Waals surface area contributed by atoms with Gasteiger partial charge in [-0.25, -0.2) is 5.43 Å².